The van der Waals surface area contributed by atoms with Crippen molar-refractivity contribution < 1.29 is 28.7 Å². The maximum absolute atomic E-state index is 13.5. The molecule has 0 aromatic heterocycles. The second kappa shape index (κ2) is 13.0. The highest BCUT2D eigenvalue weighted by molar-refractivity contribution is 5.93. The lowest BCUT2D eigenvalue weighted by atomic mass is 9.99. The molecule has 0 saturated carbocycles. The van der Waals surface area contributed by atoms with E-state index in [1.807, 2.05) is 32.9 Å². The number of likely N-dealkylation sites (N-methyl/N-ethyl adjacent to an activating group) is 1. The van der Waals surface area contributed by atoms with Gasteiger partial charge in [-0.05, 0) is 50.7 Å². The van der Waals surface area contributed by atoms with E-state index in [-0.39, 0.29) is 12.5 Å². The second-order valence-electron chi connectivity index (χ2n) is 9.57. The Bertz CT molecular complexity index is 845. The Morgan fingerprint density at radius 1 is 1.06 bits per heavy atom. The first-order valence-electron chi connectivity index (χ1n) is 11.5. The van der Waals surface area contributed by atoms with Crippen LogP contribution in [0.25, 0.3) is 0 Å². The SMILES string of the molecule is CCc1ccc(C(C(=O)NCC(=O)OC)N(C)C(=O)C(CC(C)C)NC(=O)OC(C)(C)C)cc1. The number of nitrogens with one attached hydrogen (secondary N) is 2. The van der Waals surface area contributed by atoms with Gasteiger partial charge in [-0.25, -0.2) is 4.79 Å². The third kappa shape index (κ3) is 9.41. The number of carbonyl (C=O) groups excluding carboxylic acids is 4. The molecule has 0 bridgehead atoms. The quantitative estimate of drug-likeness (QED) is 0.501. The molecule has 0 aliphatic heterocycles. The topological polar surface area (TPSA) is 114 Å². The number of nitrogens with zero attached hydrogens (tertiary/aromatic N) is 1. The Hall–Kier alpha value is -3.10. The van der Waals surface area contributed by atoms with Crippen molar-refractivity contribution in [2.24, 2.45) is 5.92 Å². The standard InChI is InChI=1S/C25H39N3O6/c1-9-17-10-12-18(13-11-17)21(22(30)26-15-20(29)33-8)28(7)23(31)19(14-16(2)3)27-24(32)34-25(4,5)6/h10-13,16,19,21H,9,14-15H2,1-8H3,(H,26,30)(H,27,32). The Balaban J connectivity index is 3.24. The molecule has 9 nitrogen and oxygen atoms in total. The van der Waals surface area contributed by atoms with Crippen LogP contribution < -0.4 is 10.6 Å². The third-order valence-electron chi connectivity index (χ3n) is 5.02. The van der Waals surface area contributed by atoms with Gasteiger partial charge in [0.05, 0.1) is 7.11 Å². The molecular formula is C25H39N3O6. The van der Waals surface area contributed by atoms with E-state index in [2.05, 4.69) is 15.4 Å². The molecule has 0 aliphatic rings. The van der Waals surface area contributed by atoms with Crippen molar-refractivity contribution in [2.45, 2.75) is 72.1 Å². The van der Waals surface area contributed by atoms with Crippen LogP contribution in [0.4, 0.5) is 4.79 Å². The van der Waals surface area contributed by atoms with Gasteiger partial charge in [0.2, 0.25) is 11.8 Å². The van der Waals surface area contributed by atoms with Gasteiger partial charge in [-0.3, -0.25) is 14.4 Å². The molecule has 190 valence electrons. The van der Waals surface area contributed by atoms with Crippen LogP contribution in [-0.2, 0) is 30.3 Å². The summed E-state index contributed by atoms with van der Waals surface area (Å²) in [6, 6.07) is 5.43. The molecule has 2 unspecified atom stereocenters. The van der Waals surface area contributed by atoms with Gasteiger partial charge in [0.1, 0.15) is 24.2 Å². The molecule has 9 heteroatoms. The first-order chi connectivity index (χ1) is 15.8. The molecule has 0 heterocycles. The summed E-state index contributed by atoms with van der Waals surface area (Å²) >= 11 is 0. The highest BCUT2D eigenvalue weighted by Gasteiger charge is 2.34. The van der Waals surface area contributed by atoms with Crippen molar-refractivity contribution in [2.75, 3.05) is 20.7 Å². The smallest absolute Gasteiger partial charge is 0.408 e. The number of esters is 1. The van der Waals surface area contributed by atoms with Gasteiger partial charge in [-0.15, -0.1) is 0 Å². The van der Waals surface area contributed by atoms with Crippen LogP contribution in [0.2, 0.25) is 0 Å². The molecule has 1 aromatic carbocycles. The van der Waals surface area contributed by atoms with E-state index in [0.717, 1.165) is 12.0 Å². The monoisotopic (exact) mass is 477 g/mol. The summed E-state index contributed by atoms with van der Waals surface area (Å²) in [5, 5.41) is 5.18. The van der Waals surface area contributed by atoms with Crippen LogP contribution in [0.15, 0.2) is 24.3 Å². The molecule has 34 heavy (non-hydrogen) atoms. The Labute approximate surface area is 202 Å². The molecule has 2 N–H and O–H groups in total. The highest BCUT2D eigenvalue weighted by Crippen LogP contribution is 2.23. The number of rotatable bonds is 10. The van der Waals surface area contributed by atoms with E-state index >= 15 is 0 Å². The van der Waals surface area contributed by atoms with Crippen molar-refractivity contribution in [1.82, 2.24) is 15.5 Å². The van der Waals surface area contributed by atoms with E-state index in [0.29, 0.717) is 12.0 Å². The largest absolute Gasteiger partial charge is 0.468 e. The van der Waals surface area contributed by atoms with Gasteiger partial charge < -0.3 is 25.0 Å². The summed E-state index contributed by atoms with van der Waals surface area (Å²) in [7, 11) is 2.73. The fourth-order valence-corrected chi connectivity index (χ4v) is 3.33. The van der Waals surface area contributed by atoms with Crippen molar-refractivity contribution in [3.63, 3.8) is 0 Å². The fourth-order valence-electron chi connectivity index (χ4n) is 3.33. The van der Waals surface area contributed by atoms with E-state index in [1.54, 1.807) is 32.9 Å². The molecule has 0 fully saturated rings. The lowest BCUT2D eigenvalue weighted by Crippen LogP contribution is -2.52. The van der Waals surface area contributed by atoms with Gasteiger partial charge in [0, 0.05) is 7.05 Å². The summed E-state index contributed by atoms with van der Waals surface area (Å²) in [5.41, 5.74) is 0.936. The number of benzene rings is 1. The zero-order chi connectivity index (χ0) is 26.1. The molecule has 3 amide bonds. The van der Waals surface area contributed by atoms with Crippen LogP contribution in [-0.4, -0.2) is 61.1 Å². The van der Waals surface area contributed by atoms with Crippen LogP contribution in [0.5, 0.6) is 0 Å². The minimum atomic E-state index is -1.02. The summed E-state index contributed by atoms with van der Waals surface area (Å²) < 4.78 is 9.92. The first kappa shape index (κ1) is 28.9. The van der Waals surface area contributed by atoms with Crippen molar-refractivity contribution in [3.05, 3.63) is 35.4 Å². The maximum atomic E-state index is 13.5. The molecular weight excluding hydrogens is 438 g/mol. The van der Waals surface area contributed by atoms with E-state index in [1.165, 1.54) is 19.1 Å². The normalized spacial score (nSPS) is 13.0. The predicted molar refractivity (Wildman–Crippen MR) is 129 cm³/mol. The Kier molecular flexibility index (Phi) is 11.0. The molecule has 0 aliphatic carbocycles. The summed E-state index contributed by atoms with van der Waals surface area (Å²) in [6.45, 7) is 10.8. The van der Waals surface area contributed by atoms with E-state index in [9.17, 15) is 19.2 Å². The second-order valence-corrected chi connectivity index (χ2v) is 9.57. The molecule has 1 rings (SSSR count). The number of ether oxygens (including phenoxy) is 2. The van der Waals surface area contributed by atoms with Crippen LogP contribution in [0, 0.1) is 5.92 Å². The maximum Gasteiger partial charge on any atom is 0.408 e. The number of aryl methyl sites for hydroxylation is 1. The number of hydrogen-bond acceptors (Lipinski definition) is 6. The molecule has 0 radical (unpaired) electrons. The van der Waals surface area contributed by atoms with Gasteiger partial charge in [0.15, 0.2) is 0 Å². The van der Waals surface area contributed by atoms with Crippen molar-refractivity contribution in [3.8, 4) is 0 Å². The highest BCUT2D eigenvalue weighted by atomic mass is 16.6. The lowest BCUT2D eigenvalue weighted by molar-refractivity contribution is -0.144. The zero-order valence-corrected chi connectivity index (χ0v) is 21.6. The Morgan fingerprint density at radius 2 is 1.65 bits per heavy atom. The number of alkyl carbamates (subject to hydrolysis) is 1. The molecule has 0 spiro atoms. The number of amides is 3. The van der Waals surface area contributed by atoms with E-state index < -0.39 is 41.6 Å². The summed E-state index contributed by atoms with van der Waals surface area (Å²) in [4.78, 5) is 51.8. The molecule has 2 atom stereocenters. The fraction of sp³-hybridized carbons (Fsp3) is 0.600. The minimum absolute atomic E-state index is 0.0905. The first-order valence-corrected chi connectivity index (χ1v) is 11.5. The Morgan fingerprint density at radius 3 is 2.12 bits per heavy atom. The molecule has 1 aromatic rings. The molecule has 0 saturated heterocycles. The van der Waals surface area contributed by atoms with E-state index in [4.69, 9.17) is 4.74 Å². The van der Waals surface area contributed by atoms with Crippen LogP contribution >= 0.6 is 0 Å². The summed E-state index contributed by atoms with van der Waals surface area (Å²) in [5.74, 6) is -1.50. The van der Waals surface area contributed by atoms with Crippen molar-refractivity contribution in [1.29, 1.82) is 0 Å². The average Bonchev–Trinajstić information content (AvgIpc) is 2.75. The number of carbonyl (C=O) groups is 4. The summed E-state index contributed by atoms with van der Waals surface area (Å²) in [6.07, 6.45) is 0.469. The van der Waals surface area contributed by atoms with Crippen LogP contribution in [0.1, 0.15) is 65.1 Å². The van der Waals surface area contributed by atoms with Gasteiger partial charge in [0.25, 0.3) is 0 Å². The van der Waals surface area contributed by atoms with Crippen molar-refractivity contribution >= 4 is 23.9 Å². The predicted octanol–water partition coefficient (Wildman–Crippen LogP) is 2.98. The lowest BCUT2D eigenvalue weighted by Gasteiger charge is -2.32. The number of methoxy groups -OCH3 is 1. The zero-order valence-electron chi connectivity index (χ0n) is 21.6. The van der Waals surface area contributed by atoms with Gasteiger partial charge >= 0.3 is 12.1 Å². The number of hydrogen-bond donors (Lipinski definition) is 2. The van der Waals surface area contributed by atoms with Gasteiger partial charge in [-0.2, -0.15) is 0 Å². The third-order valence-corrected chi connectivity index (χ3v) is 5.02. The minimum Gasteiger partial charge on any atom is -0.468 e. The average molecular weight is 478 g/mol. The van der Waals surface area contributed by atoms with Gasteiger partial charge in [-0.1, -0.05) is 45.0 Å². The van der Waals surface area contributed by atoms with Crippen LogP contribution in [0.3, 0.4) is 0 Å².